The maximum atomic E-state index is 5.28. The molecule has 4 heterocycles. The van der Waals surface area contributed by atoms with Crippen molar-refractivity contribution in [1.82, 2.24) is 29.9 Å². The summed E-state index contributed by atoms with van der Waals surface area (Å²) >= 11 is 0. The summed E-state index contributed by atoms with van der Waals surface area (Å²) in [4.78, 5) is 31.1. The van der Waals surface area contributed by atoms with Crippen molar-refractivity contribution in [1.29, 1.82) is 0 Å². The summed E-state index contributed by atoms with van der Waals surface area (Å²) in [6.07, 6.45) is 0. The lowest BCUT2D eigenvalue weighted by molar-refractivity contribution is 1.07. The summed E-state index contributed by atoms with van der Waals surface area (Å²) in [5, 5.41) is 16.1. The van der Waals surface area contributed by atoms with Crippen LogP contribution in [0.5, 0.6) is 0 Å². The van der Waals surface area contributed by atoms with Crippen LogP contribution in [-0.2, 0) is 0 Å². The Balaban J connectivity index is 0.000000145. The number of hydrogen-bond donors (Lipinski definition) is 0. The Morgan fingerprint density at radius 1 is 0.170 bits per heavy atom. The van der Waals surface area contributed by atoms with Crippen LogP contribution >= 0.6 is 0 Å². The van der Waals surface area contributed by atoms with Crippen molar-refractivity contribution in [2.75, 3.05) is 0 Å². The molecule has 0 aliphatic carbocycles. The van der Waals surface area contributed by atoms with Gasteiger partial charge in [0.15, 0.2) is 34.9 Å². The van der Waals surface area contributed by atoms with Crippen LogP contribution in [-0.4, -0.2) is 46.1 Å². The molecule has 0 fully saturated rings. The molecule has 6 nitrogen and oxygen atoms in total. The van der Waals surface area contributed by atoms with Gasteiger partial charge in [-0.1, -0.05) is 366 Å². The molecule has 20 rings (SSSR count). The molecule has 0 unspecified atom stereocenters. The SMILES string of the molecule is C[Si]1(C)c2c(-c3nc(-c4ccc(-c5ccccc5)cc4)nc(-c4ccc(-c5ccc6ccccc6c5)cc4)n3)cccc2-c2ccc3ccccc3c21.C[Si]1(C)c2cc(-c3nc(-c4ccc(-c5ccccc5)cc4)nc(-c4ccc(-c5ccc6ccccc6c5)cc4)n3)ccc2-c2ccc3ccccc3c21. The van der Waals surface area contributed by atoms with E-state index in [9.17, 15) is 0 Å². The number of rotatable bonds is 10. The molecule has 2 aromatic heterocycles. The molecule has 2 aliphatic rings. The van der Waals surface area contributed by atoms with E-state index in [1.807, 2.05) is 12.1 Å². The molecule has 16 aromatic carbocycles. The van der Waals surface area contributed by atoms with Gasteiger partial charge in [-0.3, -0.25) is 0 Å². The Labute approximate surface area is 618 Å². The zero-order valence-corrected chi connectivity index (χ0v) is 61.2. The Bertz CT molecular complexity index is 6480. The number of nitrogens with zero attached hydrogens (tertiary/aromatic N) is 6. The zero-order valence-electron chi connectivity index (χ0n) is 59.2. The zero-order chi connectivity index (χ0) is 71.0. The lowest BCUT2D eigenvalue weighted by Crippen LogP contribution is -2.50. The Morgan fingerprint density at radius 3 is 0.915 bits per heavy atom. The average Bonchev–Trinajstić information content (AvgIpc) is 1.56. The van der Waals surface area contributed by atoms with Gasteiger partial charge in [-0.2, -0.15) is 0 Å². The van der Waals surface area contributed by atoms with Crippen LogP contribution < -0.4 is 20.7 Å². The van der Waals surface area contributed by atoms with Crippen molar-refractivity contribution in [3.63, 3.8) is 0 Å². The van der Waals surface area contributed by atoms with E-state index in [0.717, 1.165) is 55.6 Å². The topological polar surface area (TPSA) is 77.3 Å². The third kappa shape index (κ3) is 11.4. The normalized spacial score (nSPS) is 12.9. The second kappa shape index (κ2) is 26.1. The van der Waals surface area contributed by atoms with Gasteiger partial charge in [0.1, 0.15) is 16.1 Å². The number of hydrogen-bond acceptors (Lipinski definition) is 6. The first-order valence-electron chi connectivity index (χ1n) is 36.4. The van der Waals surface area contributed by atoms with Crippen molar-refractivity contribution >= 4 is 80.0 Å². The smallest absolute Gasteiger partial charge is 0.164 e. The molecule has 0 bridgehead atoms. The minimum atomic E-state index is -2.18. The van der Waals surface area contributed by atoms with Gasteiger partial charge in [0.05, 0.1) is 0 Å². The molecule has 0 saturated carbocycles. The second-order valence-corrected chi connectivity index (χ2v) is 37.5. The van der Waals surface area contributed by atoms with Crippen LogP contribution in [0.3, 0.4) is 0 Å². The predicted molar refractivity (Wildman–Crippen MR) is 448 cm³/mol. The molecule has 8 heteroatoms. The first-order chi connectivity index (χ1) is 52.0. The first-order valence-corrected chi connectivity index (χ1v) is 42.4. The molecular formula is C98H70N6Si2. The van der Waals surface area contributed by atoms with Crippen LogP contribution in [0.15, 0.2) is 352 Å². The number of fused-ring (bicyclic) bond motifs is 12. The summed E-state index contributed by atoms with van der Waals surface area (Å²) in [5.41, 5.74) is 20.6. The molecule has 0 N–H and O–H groups in total. The number of benzene rings is 16. The van der Waals surface area contributed by atoms with E-state index in [0.29, 0.717) is 34.9 Å². The van der Waals surface area contributed by atoms with Crippen LogP contribution in [0.4, 0.5) is 0 Å². The minimum absolute atomic E-state index is 0.661. The molecule has 0 atom stereocenters. The number of aromatic nitrogens is 6. The quantitative estimate of drug-likeness (QED) is 0.127. The van der Waals surface area contributed by atoms with Crippen LogP contribution in [0, 0.1) is 0 Å². The third-order valence-corrected chi connectivity index (χ3v) is 28.9. The van der Waals surface area contributed by atoms with Crippen molar-refractivity contribution < 1.29 is 0 Å². The Morgan fingerprint density at radius 2 is 0.462 bits per heavy atom. The van der Waals surface area contributed by atoms with Gasteiger partial charge in [-0.15, -0.1) is 0 Å². The van der Waals surface area contributed by atoms with E-state index < -0.39 is 16.1 Å². The second-order valence-electron chi connectivity index (χ2n) is 28.9. The summed E-state index contributed by atoms with van der Waals surface area (Å²) in [6, 6.07) is 126. The van der Waals surface area contributed by atoms with Gasteiger partial charge >= 0.3 is 0 Å². The van der Waals surface area contributed by atoms with Gasteiger partial charge in [-0.25, -0.2) is 29.9 Å². The fraction of sp³-hybridized carbons (Fsp3) is 0.0408. The van der Waals surface area contributed by atoms with Gasteiger partial charge in [0.25, 0.3) is 0 Å². The molecule has 2 aliphatic heterocycles. The van der Waals surface area contributed by atoms with E-state index in [1.54, 1.807) is 0 Å². The molecule has 0 saturated heterocycles. The monoisotopic (exact) mass is 1390 g/mol. The Hall–Kier alpha value is -13.0. The molecule has 500 valence electrons. The highest BCUT2D eigenvalue weighted by molar-refractivity contribution is 7.06. The fourth-order valence-electron chi connectivity index (χ4n) is 16.4. The summed E-state index contributed by atoms with van der Waals surface area (Å²) < 4.78 is 0. The highest BCUT2D eigenvalue weighted by atomic mass is 28.3. The summed E-state index contributed by atoms with van der Waals surface area (Å²) in [7, 11) is -4.21. The van der Waals surface area contributed by atoms with Crippen molar-refractivity contribution in [2.24, 2.45) is 0 Å². The van der Waals surface area contributed by atoms with E-state index in [-0.39, 0.29) is 0 Å². The van der Waals surface area contributed by atoms with Crippen molar-refractivity contribution in [3.8, 4) is 135 Å². The predicted octanol–water partition coefficient (Wildman–Crippen LogP) is 22.6. The van der Waals surface area contributed by atoms with E-state index >= 15 is 0 Å². The van der Waals surface area contributed by atoms with Crippen LogP contribution in [0.2, 0.25) is 26.2 Å². The third-order valence-electron chi connectivity index (χ3n) is 21.8. The van der Waals surface area contributed by atoms with Gasteiger partial charge in [-0.05, 0) is 143 Å². The van der Waals surface area contributed by atoms with Crippen LogP contribution in [0.1, 0.15) is 0 Å². The van der Waals surface area contributed by atoms with E-state index in [4.69, 9.17) is 29.9 Å². The lowest BCUT2D eigenvalue weighted by atomic mass is 9.99. The van der Waals surface area contributed by atoms with E-state index in [2.05, 4.69) is 366 Å². The molecule has 0 spiro atoms. The minimum Gasteiger partial charge on any atom is -0.208 e. The molecule has 0 radical (unpaired) electrons. The standard InChI is InChI=1S/2C49H35N3Si/c1-53(2)45-41-16-9-8-14-36(41)29-30-43(45)42-17-10-18-44(46(42)53)49-51-47(37-24-19-34(20-25-37)32-11-4-3-5-12-32)50-48(52-49)38-26-21-35(22-27-38)40-28-23-33-13-6-7-15-39(33)31-40;1-53(2)45-31-41(27-28-43(45)44-29-26-36-13-8-9-15-42(36)46(44)53)49-51-47(37-21-16-34(17-22-37)32-10-4-3-5-11-32)50-48(52-49)38-23-18-35(19-24-38)40-25-20-33-12-6-7-14-39(33)30-40/h2*3-31H,1-2H3. The van der Waals surface area contributed by atoms with Crippen LogP contribution in [0.25, 0.3) is 178 Å². The maximum Gasteiger partial charge on any atom is 0.164 e. The lowest BCUT2D eigenvalue weighted by Gasteiger charge is -2.23. The summed E-state index contributed by atoms with van der Waals surface area (Å²) in [6.45, 7) is 9.90. The largest absolute Gasteiger partial charge is 0.208 e. The van der Waals surface area contributed by atoms with Crippen molar-refractivity contribution in [3.05, 3.63) is 352 Å². The van der Waals surface area contributed by atoms with Gasteiger partial charge in [0, 0.05) is 33.4 Å². The Kier molecular flexibility index (Phi) is 15.7. The molecule has 0 amide bonds. The highest BCUT2D eigenvalue weighted by Crippen LogP contribution is 2.40. The van der Waals surface area contributed by atoms with Gasteiger partial charge in [0.2, 0.25) is 0 Å². The van der Waals surface area contributed by atoms with E-state index in [1.165, 1.54) is 108 Å². The fourth-order valence-corrected chi connectivity index (χ4v) is 23.7. The molecular weight excluding hydrogens is 1320 g/mol. The van der Waals surface area contributed by atoms with Gasteiger partial charge < -0.3 is 0 Å². The maximum absolute atomic E-state index is 5.28. The molecule has 18 aromatic rings. The van der Waals surface area contributed by atoms with Crippen molar-refractivity contribution in [2.45, 2.75) is 26.2 Å². The molecule has 106 heavy (non-hydrogen) atoms. The highest BCUT2D eigenvalue weighted by Gasteiger charge is 2.42. The summed E-state index contributed by atoms with van der Waals surface area (Å²) in [5.74, 6) is 4.05. The first kappa shape index (κ1) is 63.9. The average molecular weight is 1390 g/mol.